The lowest BCUT2D eigenvalue weighted by Crippen LogP contribution is -2.45. The lowest BCUT2D eigenvalue weighted by molar-refractivity contribution is 0.0979. The van der Waals surface area contributed by atoms with Gasteiger partial charge in [0.05, 0.1) is 5.56 Å². The molecular weight excluding hydrogens is 512 g/mol. The summed E-state index contributed by atoms with van der Waals surface area (Å²) in [7, 11) is -4.00. The van der Waals surface area contributed by atoms with Crippen LogP contribution in [0.4, 0.5) is 5.82 Å². The molecule has 1 amide bonds. The average Bonchev–Trinajstić information content (AvgIpc) is 3.39. The number of nitrogens with two attached hydrogens (primary N) is 1. The summed E-state index contributed by atoms with van der Waals surface area (Å²) in [6.07, 6.45) is 4.86. The van der Waals surface area contributed by atoms with E-state index >= 15 is 0 Å². The topological polar surface area (TPSA) is 121 Å². The molecule has 2 aliphatic heterocycles. The number of anilines is 1. The number of rotatable bonds is 9. The first-order chi connectivity index (χ1) is 17.4. The van der Waals surface area contributed by atoms with Gasteiger partial charge in [0, 0.05) is 48.0 Å². The van der Waals surface area contributed by atoms with Gasteiger partial charge in [-0.1, -0.05) is 23.7 Å². The first-order valence-corrected chi connectivity index (χ1v) is 14.5. The maximum atomic E-state index is 13.2. The molecule has 2 aliphatic rings. The molecule has 0 spiro atoms. The number of nitrogens with one attached hydrogen (secondary N) is 2. The van der Waals surface area contributed by atoms with Gasteiger partial charge >= 0.3 is 10.2 Å². The number of amides is 1. The fourth-order valence-electron chi connectivity index (χ4n) is 5.47. The first kappa shape index (κ1) is 27.8. The normalized spacial score (nSPS) is 23.9. The number of carbonyl (C=O) groups excluding carboxylic acids is 1. The van der Waals surface area contributed by atoms with Gasteiger partial charge in [0.1, 0.15) is 5.82 Å². The van der Waals surface area contributed by atoms with Gasteiger partial charge in [-0.2, -0.15) is 12.7 Å². The quantitative estimate of drug-likeness (QED) is 0.412. The molecule has 0 radical (unpaired) electrons. The molecule has 2 atom stereocenters. The van der Waals surface area contributed by atoms with Gasteiger partial charge in [-0.15, -0.1) is 0 Å². The van der Waals surface area contributed by atoms with Gasteiger partial charge in [-0.25, -0.2) is 9.71 Å². The van der Waals surface area contributed by atoms with E-state index in [0.29, 0.717) is 31.9 Å². The molecule has 0 saturated carbocycles. The van der Waals surface area contributed by atoms with Gasteiger partial charge in [0.15, 0.2) is 0 Å². The number of halogens is 1. The van der Waals surface area contributed by atoms with Crippen LogP contribution in [0.2, 0.25) is 5.02 Å². The molecule has 1 aromatic carbocycles. The molecule has 4 rings (SSSR count). The van der Waals surface area contributed by atoms with Gasteiger partial charge in [-0.3, -0.25) is 4.79 Å². The highest BCUT2D eigenvalue weighted by Crippen LogP contribution is 2.38. The van der Waals surface area contributed by atoms with E-state index in [4.69, 9.17) is 17.3 Å². The summed E-state index contributed by atoms with van der Waals surface area (Å²) in [5.74, 6) is -0.250. The Balaban J connectivity index is 1.33. The van der Waals surface area contributed by atoms with Crippen molar-refractivity contribution in [1.29, 1.82) is 0 Å². The highest BCUT2D eigenvalue weighted by atomic mass is 35.5. The summed E-state index contributed by atoms with van der Waals surface area (Å²) in [4.78, 5) is 19.6. The maximum absolute atomic E-state index is 13.2. The van der Waals surface area contributed by atoms with Crippen molar-refractivity contribution in [2.45, 2.75) is 63.6 Å². The van der Waals surface area contributed by atoms with E-state index in [0.717, 1.165) is 30.8 Å². The van der Waals surface area contributed by atoms with Crippen LogP contribution in [0.25, 0.3) is 0 Å². The standard InChI is InChI=1S/C26H37ClN6O3S/c1-25(2)17-26(3,28)18-33(25)23-22(7-5-14-30-23)24(34)31-37(35,36)32-15-12-21(16-32)29-13-4-6-19-8-10-20(27)11-9-19/h5,7-11,14,21,29H,4,6,12-13,15-18,28H2,1-3H3,(H,31,34)/t21-,26-/m1/s1. The summed E-state index contributed by atoms with van der Waals surface area (Å²) in [6, 6.07) is 11.1. The van der Waals surface area contributed by atoms with E-state index < -0.39 is 21.7 Å². The Hall–Kier alpha value is -2.24. The Morgan fingerprint density at radius 2 is 1.95 bits per heavy atom. The summed E-state index contributed by atoms with van der Waals surface area (Å²) in [5, 5.41) is 4.16. The van der Waals surface area contributed by atoms with E-state index in [9.17, 15) is 13.2 Å². The van der Waals surface area contributed by atoms with Crippen molar-refractivity contribution < 1.29 is 13.2 Å². The molecule has 202 valence electrons. The summed E-state index contributed by atoms with van der Waals surface area (Å²) in [6.45, 7) is 8.02. The number of carbonyl (C=O) groups is 1. The van der Waals surface area contributed by atoms with Crippen molar-refractivity contribution >= 4 is 33.5 Å². The third-order valence-corrected chi connectivity index (χ3v) is 8.78. The van der Waals surface area contributed by atoms with Crippen molar-refractivity contribution in [3.63, 3.8) is 0 Å². The van der Waals surface area contributed by atoms with Crippen molar-refractivity contribution in [2.75, 3.05) is 31.1 Å². The third-order valence-electron chi connectivity index (χ3n) is 7.07. The Kier molecular flexibility index (Phi) is 8.16. The minimum atomic E-state index is -4.00. The van der Waals surface area contributed by atoms with Crippen molar-refractivity contribution in [2.24, 2.45) is 5.73 Å². The molecule has 4 N–H and O–H groups in total. The fraction of sp³-hybridized carbons (Fsp3) is 0.538. The summed E-state index contributed by atoms with van der Waals surface area (Å²) in [5.41, 5.74) is 7.07. The number of benzene rings is 1. The van der Waals surface area contributed by atoms with Gasteiger partial charge in [0.25, 0.3) is 5.91 Å². The number of aryl methyl sites for hydroxylation is 1. The minimum absolute atomic E-state index is 0.0403. The second-order valence-corrected chi connectivity index (χ2v) is 13.2. The van der Waals surface area contributed by atoms with Crippen molar-refractivity contribution in [3.05, 3.63) is 58.7 Å². The molecule has 0 unspecified atom stereocenters. The second kappa shape index (κ2) is 10.9. The highest BCUT2D eigenvalue weighted by molar-refractivity contribution is 7.87. The number of hydrogen-bond donors (Lipinski definition) is 3. The molecule has 0 bridgehead atoms. The van der Waals surface area contributed by atoms with Crippen LogP contribution >= 0.6 is 11.6 Å². The third kappa shape index (κ3) is 6.80. The zero-order valence-electron chi connectivity index (χ0n) is 21.7. The molecular formula is C26H37ClN6O3S. The van der Waals surface area contributed by atoms with Crippen LogP contribution in [0.15, 0.2) is 42.6 Å². The number of aromatic nitrogens is 1. The molecule has 2 saturated heterocycles. The van der Waals surface area contributed by atoms with E-state index in [1.807, 2.05) is 49.9 Å². The number of pyridine rings is 1. The summed E-state index contributed by atoms with van der Waals surface area (Å²) >= 11 is 5.93. The van der Waals surface area contributed by atoms with Crippen molar-refractivity contribution in [3.8, 4) is 0 Å². The molecule has 37 heavy (non-hydrogen) atoms. The van der Waals surface area contributed by atoms with Gasteiger partial charge < -0.3 is 16.0 Å². The molecule has 1 aromatic heterocycles. The Labute approximate surface area is 224 Å². The molecule has 9 nitrogen and oxygen atoms in total. The second-order valence-electron chi connectivity index (χ2n) is 11.1. The minimum Gasteiger partial charge on any atom is -0.349 e. The van der Waals surface area contributed by atoms with E-state index in [-0.39, 0.29) is 17.1 Å². The number of hydrogen-bond acceptors (Lipinski definition) is 7. The van der Waals surface area contributed by atoms with Crippen LogP contribution in [0.1, 0.15) is 56.0 Å². The predicted molar refractivity (Wildman–Crippen MR) is 147 cm³/mol. The lowest BCUT2D eigenvalue weighted by Gasteiger charge is -2.33. The molecule has 2 aromatic rings. The van der Waals surface area contributed by atoms with E-state index in [2.05, 4.69) is 15.0 Å². The summed E-state index contributed by atoms with van der Waals surface area (Å²) < 4.78 is 29.7. The van der Waals surface area contributed by atoms with Gasteiger partial charge in [-0.05, 0) is 82.8 Å². The predicted octanol–water partition coefficient (Wildman–Crippen LogP) is 2.71. The Morgan fingerprint density at radius 3 is 2.62 bits per heavy atom. The monoisotopic (exact) mass is 548 g/mol. The lowest BCUT2D eigenvalue weighted by atomic mass is 9.93. The highest BCUT2D eigenvalue weighted by Gasteiger charge is 2.45. The van der Waals surface area contributed by atoms with E-state index in [1.54, 1.807) is 18.3 Å². The molecule has 0 aliphatic carbocycles. The fourth-order valence-corrected chi connectivity index (χ4v) is 6.79. The average molecular weight is 549 g/mol. The zero-order valence-corrected chi connectivity index (χ0v) is 23.3. The first-order valence-electron chi connectivity index (χ1n) is 12.7. The zero-order chi connectivity index (χ0) is 26.8. The van der Waals surface area contributed by atoms with Crippen LogP contribution in [0.5, 0.6) is 0 Å². The van der Waals surface area contributed by atoms with Crippen LogP contribution < -0.4 is 20.7 Å². The smallest absolute Gasteiger partial charge is 0.304 e. The van der Waals surface area contributed by atoms with Crippen molar-refractivity contribution in [1.82, 2.24) is 19.3 Å². The molecule has 2 fully saturated rings. The number of nitrogens with zero attached hydrogens (tertiary/aromatic N) is 3. The van der Waals surface area contributed by atoms with Crippen LogP contribution in [-0.4, -0.2) is 66.9 Å². The molecule has 11 heteroatoms. The Bertz CT molecular complexity index is 1220. The van der Waals surface area contributed by atoms with E-state index in [1.165, 1.54) is 9.87 Å². The van der Waals surface area contributed by atoms with Crippen LogP contribution in [0, 0.1) is 0 Å². The largest absolute Gasteiger partial charge is 0.349 e. The SMILES string of the molecule is CC1(C)C[C@@](C)(N)CN1c1ncccc1C(=O)NS(=O)(=O)N1CC[C@@H](NCCCc2ccc(Cl)cc2)C1. The van der Waals surface area contributed by atoms with Gasteiger partial charge in [0.2, 0.25) is 0 Å². The maximum Gasteiger partial charge on any atom is 0.304 e. The Morgan fingerprint density at radius 1 is 1.22 bits per heavy atom. The van der Waals surface area contributed by atoms with Crippen LogP contribution in [-0.2, 0) is 16.6 Å². The van der Waals surface area contributed by atoms with Crippen LogP contribution in [0.3, 0.4) is 0 Å². The molecule has 3 heterocycles.